The van der Waals surface area contributed by atoms with Gasteiger partial charge in [0, 0.05) is 36.9 Å². The smallest absolute Gasteiger partial charge is 0.165 e. The van der Waals surface area contributed by atoms with Gasteiger partial charge in [0.15, 0.2) is 17.5 Å². The Balaban J connectivity index is 1.10. The molecule has 2 heterocycles. The zero-order valence-corrected chi connectivity index (χ0v) is 33.8. The maximum atomic E-state index is 5.50. The van der Waals surface area contributed by atoms with E-state index in [1.54, 1.807) is 11.3 Å². The first kappa shape index (κ1) is 35.2. The van der Waals surface area contributed by atoms with Crippen molar-refractivity contribution in [2.75, 3.05) is 0 Å². The van der Waals surface area contributed by atoms with E-state index in [2.05, 4.69) is 212 Å². The highest BCUT2D eigenvalue weighted by Gasteiger charge is 2.21. The van der Waals surface area contributed by atoms with Crippen LogP contribution in [0.25, 0.3) is 120 Å². The fourth-order valence-corrected chi connectivity index (χ4v) is 10.1. The van der Waals surface area contributed by atoms with Gasteiger partial charge in [-0.1, -0.05) is 188 Å². The van der Waals surface area contributed by atoms with E-state index in [9.17, 15) is 0 Å². The van der Waals surface area contributed by atoms with Crippen LogP contribution in [-0.4, -0.2) is 15.0 Å². The lowest BCUT2D eigenvalue weighted by atomic mass is 9.92. The predicted octanol–water partition coefficient (Wildman–Crippen LogP) is 15.7. The summed E-state index contributed by atoms with van der Waals surface area (Å²) < 4.78 is 2.41. The monoisotopic (exact) mass is 793 g/mol. The van der Waals surface area contributed by atoms with Gasteiger partial charge in [0.1, 0.15) is 0 Å². The number of nitrogens with zero attached hydrogens (tertiary/aromatic N) is 3. The summed E-state index contributed by atoms with van der Waals surface area (Å²) >= 11 is 1.79. The topological polar surface area (TPSA) is 38.7 Å². The molecular weight excluding hydrogens is 759 g/mol. The van der Waals surface area contributed by atoms with Crippen molar-refractivity contribution in [2.24, 2.45) is 0 Å². The highest BCUT2D eigenvalue weighted by atomic mass is 32.1. The number of aromatic nitrogens is 3. The second-order valence-corrected chi connectivity index (χ2v) is 16.6. The van der Waals surface area contributed by atoms with Gasteiger partial charge in [0.05, 0.1) is 0 Å². The number of hydrogen-bond donors (Lipinski definition) is 0. The highest BCUT2D eigenvalue weighted by Crippen LogP contribution is 2.43. The molecule has 0 aliphatic carbocycles. The molecule has 3 nitrogen and oxygen atoms in total. The molecule has 61 heavy (non-hydrogen) atoms. The molecule has 0 saturated heterocycles. The van der Waals surface area contributed by atoms with E-state index >= 15 is 0 Å². The van der Waals surface area contributed by atoms with Crippen LogP contribution in [0.1, 0.15) is 0 Å². The maximum absolute atomic E-state index is 5.50. The lowest BCUT2D eigenvalue weighted by molar-refractivity contribution is 1.08. The number of benzene rings is 10. The highest BCUT2D eigenvalue weighted by molar-refractivity contribution is 7.26. The van der Waals surface area contributed by atoms with Crippen LogP contribution in [0.5, 0.6) is 0 Å². The van der Waals surface area contributed by atoms with Crippen LogP contribution in [0.3, 0.4) is 0 Å². The van der Waals surface area contributed by atoms with Gasteiger partial charge in [-0.15, -0.1) is 11.3 Å². The lowest BCUT2D eigenvalue weighted by Crippen LogP contribution is -2.02. The van der Waals surface area contributed by atoms with E-state index in [0.29, 0.717) is 17.5 Å². The summed E-state index contributed by atoms with van der Waals surface area (Å²) in [7, 11) is 0. The van der Waals surface area contributed by atoms with Crippen LogP contribution >= 0.6 is 11.3 Å². The normalized spacial score (nSPS) is 11.6. The van der Waals surface area contributed by atoms with Crippen molar-refractivity contribution in [3.8, 4) is 67.5 Å². The Labute approximate surface area is 356 Å². The molecule has 0 spiro atoms. The van der Waals surface area contributed by atoms with E-state index in [4.69, 9.17) is 15.0 Å². The van der Waals surface area contributed by atoms with Crippen molar-refractivity contribution >= 4 is 63.8 Å². The molecule has 0 saturated carbocycles. The predicted molar refractivity (Wildman–Crippen MR) is 258 cm³/mol. The average molecular weight is 794 g/mol. The summed E-state index contributed by atoms with van der Waals surface area (Å²) in [4.78, 5) is 16.4. The largest absolute Gasteiger partial charge is 0.208 e. The van der Waals surface area contributed by atoms with Gasteiger partial charge in [0.25, 0.3) is 0 Å². The Hall–Kier alpha value is -7.79. The number of hydrogen-bond acceptors (Lipinski definition) is 4. The van der Waals surface area contributed by atoms with Crippen LogP contribution in [0.4, 0.5) is 0 Å². The van der Waals surface area contributed by atoms with Crippen molar-refractivity contribution in [3.63, 3.8) is 0 Å². The van der Waals surface area contributed by atoms with Gasteiger partial charge in [-0.25, -0.2) is 15.0 Å². The van der Waals surface area contributed by atoms with E-state index in [0.717, 1.165) is 60.5 Å². The summed E-state index contributed by atoms with van der Waals surface area (Å²) in [6, 6.07) is 75.9. The molecule has 0 bridgehead atoms. The summed E-state index contributed by atoms with van der Waals surface area (Å²) in [6.45, 7) is 0. The molecule has 12 rings (SSSR count). The summed E-state index contributed by atoms with van der Waals surface area (Å²) in [6.07, 6.45) is 0. The van der Waals surface area contributed by atoms with Gasteiger partial charge >= 0.3 is 0 Å². The fourth-order valence-electron chi connectivity index (χ4n) is 8.89. The van der Waals surface area contributed by atoms with Crippen molar-refractivity contribution in [3.05, 3.63) is 212 Å². The van der Waals surface area contributed by atoms with Gasteiger partial charge in [-0.3, -0.25) is 0 Å². The van der Waals surface area contributed by atoms with Gasteiger partial charge in [0.2, 0.25) is 0 Å². The standard InChI is InChI=1S/C57H35N3S/c1-2-12-36(13-3-1)38-24-26-39(27-25-38)43-30-29-41-17-10-21-49(51(41)35-43)55-58-56(50-22-11-20-48-47-19-8-9-23-52(47)61-54(48)50)60-57(59-55)53-45-18-7-6-15-40(45)32-33-46(53)44-31-28-37-14-4-5-16-42(37)34-44/h1-35H. The molecule has 0 N–H and O–H groups in total. The fraction of sp³-hybridized carbons (Fsp3) is 0. The minimum Gasteiger partial charge on any atom is -0.208 e. The van der Waals surface area contributed by atoms with Gasteiger partial charge in [-0.05, 0) is 90.0 Å². The molecule has 12 aromatic rings. The molecule has 284 valence electrons. The Morgan fingerprint density at radius 2 is 0.820 bits per heavy atom. The molecule has 0 fully saturated rings. The molecule has 0 aliphatic heterocycles. The number of fused-ring (bicyclic) bond motifs is 6. The molecule has 0 unspecified atom stereocenters. The van der Waals surface area contributed by atoms with Gasteiger partial charge in [-0.2, -0.15) is 0 Å². The third-order valence-electron chi connectivity index (χ3n) is 11.9. The first-order valence-electron chi connectivity index (χ1n) is 20.6. The van der Waals surface area contributed by atoms with Crippen molar-refractivity contribution < 1.29 is 0 Å². The van der Waals surface area contributed by atoms with Crippen LogP contribution in [-0.2, 0) is 0 Å². The SMILES string of the molecule is c1ccc(-c2ccc(-c3ccc4cccc(-c5nc(-c6c(-c7ccc8ccccc8c7)ccc7ccccc67)nc(-c6cccc7c6sc6ccccc67)n5)c4c3)cc2)cc1. The number of rotatable bonds is 6. The third kappa shape index (κ3) is 6.16. The Kier molecular flexibility index (Phi) is 8.36. The number of thiophene rings is 1. The lowest BCUT2D eigenvalue weighted by Gasteiger charge is -2.16. The van der Waals surface area contributed by atoms with Crippen molar-refractivity contribution in [1.29, 1.82) is 0 Å². The molecule has 0 atom stereocenters. The Bertz CT molecular complexity index is 3650. The molecule has 10 aromatic carbocycles. The van der Waals surface area contributed by atoms with Crippen LogP contribution in [0.2, 0.25) is 0 Å². The minimum atomic E-state index is 0.637. The van der Waals surface area contributed by atoms with Gasteiger partial charge < -0.3 is 0 Å². The van der Waals surface area contributed by atoms with Crippen molar-refractivity contribution in [1.82, 2.24) is 15.0 Å². The third-order valence-corrected chi connectivity index (χ3v) is 13.2. The quantitative estimate of drug-likeness (QED) is 0.168. The van der Waals surface area contributed by atoms with Crippen LogP contribution in [0, 0.1) is 0 Å². The molecule has 0 amide bonds. The molecule has 4 heteroatoms. The van der Waals surface area contributed by atoms with E-state index in [-0.39, 0.29) is 0 Å². The molecule has 2 aromatic heterocycles. The van der Waals surface area contributed by atoms with Crippen LogP contribution in [0.15, 0.2) is 212 Å². The first-order valence-corrected chi connectivity index (χ1v) is 21.4. The zero-order valence-electron chi connectivity index (χ0n) is 33.0. The summed E-state index contributed by atoms with van der Waals surface area (Å²) in [5, 5.41) is 9.27. The molecule has 0 radical (unpaired) electrons. The van der Waals surface area contributed by atoms with Crippen molar-refractivity contribution in [2.45, 2.75) is 0 Å². The van der Waals surface area contributed by atoms with E-state index in [1.165, 1.54) is 42.1 Å². The second-order valence-electron chi connectivity index (χ2n) is 15.5. The minimum absolute atomic E-state index is 0.637. The average Bonchev–Trinajstić information content (AvgIpc) is 3.72. The maximum Gasteiger partial charge on any atom is 0.165 e. The first-order chi connectivity index (χ1) is 30.2. The molecule has 0 aliphatic rings. The Morgan fingerprint density at radius 1 is 0.279 bits per heavy atom. The molecular formula is C57H35N3S. The second kappa shape index (κ2) is 14.5. The van der Waals surface area contributed by atoms with E-state index < -0.39 is 0 Å². The summed E-state index contributed by atoms with van der Waals surface area (Å²) in [5.74, 6) is 1.93. The zero-order chi connectivity index (χ0) is 40.3. The van der Waals surface area contributed by atoms with E-state index in [1.807, 2.05) is 0 Å². The Morgan fingerprint density at radius 3 is 1.67 bits per heavy atom. The summed E-state index contributed by atoms with van der Waals surface area (Å²) in [5.41, 5.74) is 9.82. The van der Waals surface area contributed by atoms with Crippen LogP contribution < -0.4 is 0 Å².